The summed E-state index contributed by atoms with van der Waals surface area (Å²) in [6, 6.07) is 0. The summed E-state index contributed by atoms with van der Waals surface area (Å²) in [5, 5.41) is 23.8. The Labute approximate surface area is 155 Å². The van der Waals surface area contributed by atoms with Crippen molar-refractivity contribution < 1.29 is 19.7 Å². The predicted octanol–water partition coefficient (Wildman–Crippen LogP) is 3.73. The summed E-state index contributed by atoms with van der Waals surface area (Å²) in [4.78, 5) is 4.98. The molecule has 0 aliphatic carbocycles. The lowest BCUT2D eigenvalue weighted by Gasteiger charge is -1.98. The van der Waals surface area contributed by atoms with E-state index in [-0.39, 0.29) is 13.1 Å². The molecule has 152 valence electrons. The topological polar surface area (TPSA) is 163 Å². The molecule has 0 aromatic rings. The Morgan fingerprint density at radius 3 is 1.27 bits per heavy atom. The van der Waals surface area contributed by atoms with Crippen molar-refractivity contribution in [3.63, 3.8) is 0 Å². The van der Waals surface area contributed by atoms with Gasteiger partial charge in [0, 0.05) is 9.82 Å². The van der Waals surface area contributed by atoms with Gasteiger partial charge in [0.25, 0.3) is 0 Å². The van der Waals surface area contributed by atoms with E-state index in [4.69, 9.17) is 30.7 Å². The molecule has 2 saturated heterocycles. The molecular weight excluding hydrogens is 340 g/mol. The second-order valence-electron chi connectivity index (χ2n) is 5.68. The van der Waals surface area contributed by atoms with Gasteiger partial charge in [-0.15, -0.1) is 0 Å². The Hall–Kier alpha value is -1.54. The molecule has 0 amide bonds. The minimum atomic E-state index is -0.467. The molecule has 4 unspecified atom stereocenters. The number of nitrogens with zero attached hydrogens (tertiary/aromatic N) is 6. The number of rotatable bonds is 8. The highest BCUT2D eigenvalue weighted by Gasteiger charge is 2.18. The van der Waals surface area contributed by atoms with Gasteiger partial charge >= 0.3 is 0 Å². The third kappa shape index (κ3) is 24.7. The van der Waals surface area contributed by atoms with E-state index >= 15 is 0 Å². The second kappa shape index (κ2) is 19.8. The molecule has 0 aromatic carbocycles. The van der Waals surface area contributed by atoms with Crippen molar-refractivity contribution in [2.24, 2.45) is 10.2 Å². The highest BCUT2D eigenvalue weighted by atomic mass is 16.6. The van der Waals surface area contributed by atoms with E-state index < -0.39 is 12.2 Å². The van der Waals surface area contributed by atoms with Gasteiger partial charge in [0.1, 0.15) is 0 Å². The first kappa shape index (κ1) is 26.7. The zero-order valence-corrected chi connectivity index (χ0v) is 16.4. The molecule has 2 aliphatic rings. The largest absolute Gasteiger partial charge is 0.393 e. The number of hydrogen-bond acceptors (Lipinski definition) is 6. The number of aliphatic hydroxyl groups is 2. The predicted molar refractivity (Wildman–Crippen MR) is 101 cm³/mol. The van der Waals surface area contributed by atoms with Crippen molar-refractivity contribution in [2.45, 2.75) is 77.8 Å². The van der Waals surface area contributed by atoms with E-state index in [0.29, 0.717) is 25.0 Å². The number of ether oxygens (including phenoxy) is 2. The van der Waals surface area contributed by atoms with Crippen LogP contribution in [0.4, 0.5) is 0 Å². The summed E-state index contributed by atoms with van der Waals surface area (Å²) < 4.78 is 9.72. The van der Waals surface area contributed by atoms with E-state index in [2.05, 4.69) is 33.9 Å². The van der Waals surface area contributed by atoms with E-state index in [1.54, 1.807) is 0 Å². The fourth-order valence-electron chi connectivity index (χ4n) is 1.13. The van der Waals surface area contributed by atoms with Gasteiger partial charge < -0.3 is 19.7 Å². The van der Waals surface area contributed by atoms with Crippen LogP contribution in [0.5, 0.6) is 0 Å². The van der Waals surface area contributed by atoms with Crippen LogP contribution in [0.1, 0.15) is 53.4 Å². The molecular formula is C16H34N6O4. The summed E-state index contributed by atoms with van der Waals surface area (Å²) in [5.41, 5.74) is 15.5. The molecule has 2 rings (SSSR count). The lowest BCUT2D eigenvalue weighted by Crippen LogP contribution is -2.07. The molecule has 2 fully saturated rings. The Morgan fingerprint density at radius 2 is 1.15 bits per heavy atom. The van der Waals surface area contributed by atoms with Crippen LogP contribution in [0.25, 0.3) is 20.9 Å². The number of aliphatic hydroxyl groups excluding tert-OH is 2. The van der Waals surface area contributed by atoms with Gasteiger partial charge in [-0.3, -0.25) is 0 Å². The maximum absolute atomic E-state index is 8.72. The molecule has 10 heteroatoms. The molecule has 26 heavy (non-hydrogen) atoms. The van der Waals surface area contributed by atoms with Crippen LogP contribution in [-0.2, 0) is 9.47 Å². The van der Waals surface area contributed by atoms with E-state index in [1.165, 1.54) is 12.8 Å². The summed E-state index contributed by atoms with van der Waals surface area (Å²) in [6.07, 6.45) is 4.00. The molecule has 2 aliphatic heterocycles. The third-order valence-corrected chi connectivity index (χ3v) is 3.37. The van der Waals surface area contributed by atoms with E-state index in [1.807, 2.05) is 13.8 Å². The van der Waals surface area contributed by atoms with Gasteiger partial charge in [-0.2, -0.15) is 0 Å². The third-order valence-electron chi connectivity index (χ3n) is 3.37. The Balaban J connectivity index is 0. The van der Waals surface area contributed by atoms with Crippen LogP contribution >= 0.6 is 0 Å². The number of epoxide rings is 2. The van der Waals surface area contributed by atoms with E-state index in [9.17, 15) is 0 Å². The molecule has 0 aromatic heterocycles. The Bertz CT molecular complexity index is 368. The molecule has 0 radical (unpaired) electrons. The average Bonchev–Trinajstić information content (AvgIpc) is 3.58. The molecule has 4 atom stereocenters. The maximum atomic E-state index is 8.72. The van der Waals surface area contributed by atoms with Crippen molar-refractivity contribution in [3.05, 3.63) is 20.9 Å². The minimum Gasteiger partial charge on any atom is -0.393 e. The summed E-state index contributed by atoms with van der Waals surface area (Å²) >= 11 is 0. The minimum absolute atomic E-state index is 0.188. The number of hydrogen-bond donors (Lipinski definition) is 2. The number of azide groups is 2. The van der Waals surface area contributed by atoms with Crippen LogP contribution < -0.4 is 0 Å². The normalized spacial score (nSPS) is 20.7. The zero-order chi connectivity index (χ0) is 20.2. The fraction of sp³-hybridized carbons (Fsp3) is 1.00. The van der Waals surface area contributed by atoms with Crippen LogP contribution in [0.15, 0.2) is 10.2 Å². The summed E-state index contributed by atoms with van der Waals surface area (Å²) in [6.45, 7) is 10.3. The molecule has 2 heterocycles. The lowest BCUT2D eigenvalue weighted by molar-refractivity contribution is 0.178. The molecule has 2 N–H and O–H groups in total. The van der Waals surface area contributed by atoms with Gasteiger partial charge in [-0.25, -0.2) is 0 Å². The van der Waals surface area contributed by atoms with Crippen LogP contribution in [0, 0.1) is 0 Å². The molecule has 0 saturated carbocycles. The fourth-order valence-corrected chi connectivity index (χ4v) is 1.13. The first-order valence-corrected chi connectivity index (χ1v) is 9.09. The Kier molecular flexibility index (Phi) is 20.3. The van der Waals surface area contributed by atoms with E-state index in [0.717, 1.165) is 13.2 Å². The smallest absolute Gasteiger partial charge is 0.0807 e. The van der Waals surface area contributed by atoms with Gasteiger partial charge in [0.2, 0.25) is 0 Å². The first-order valence-electron chi connectivity index (χ1n) is 9.09. The van der Waals surface area contributed by atoms with Crippen LogP contribution in [0.2, 0.25) is 0 Å². The van der Waals surface area contributed by atoms with Crippen molar-refractivity contribution >= 4 is 0 Å². The van der Waals surface area contributed by atoms with Gasteiger partial charge in [0.05, 0.1) is 50.7 Å². The van der Waals surface area contributed by atoms with Crippen molar-refractivity contribution in [1.29, 1.82) is 0 Å². The van der Waals surface area contributed by atoms with Gasteiger partial charge in [0.15, 0.2) is 0 Å². The molecule has 0 bridgehead atoms. The van der Waals surface area contributed by atoms with Gasteiger partial charge in [-0.05, 0) is 36.7 Å². The second-order valence-corrected chi connectivity index (χ2v) is 5.68. The van der Waals surface area contributed by atoms with Crippen molar-refractivity contribution in [2.75, 3.05) is 26.3 Å². The Morgan fingerprint density at radius 1 is 0.846 bits per heavy atom. The monoisotopic (exact) mass is 374 g/mol. The van der Waals surface area contributed by atoms with Crippen molar-refractivity contribution in [3.8, 4) is 0 Å². The van der Waals surface area contributed by atoms with Crippen LogP contribution in [-0.4, -0.2) is 60.9 Å². The van der Waals surface area contributed by atoms with Crippen LogP contribution in [0.3, 0.4) is 0 Å². The highest BCUT2D eigenvalue weighted by molar-refractivity contribution is 4.64. The summed E-state index contributed by atoms with van der Waals surface area (Å²) in [5.74, 6) is 0. The highest BCUT2D eigenvalue weighted by Crippen LogP contribution is 2.11. The zero-order valence-electron chi connectivity index (χ0n) is 16.4. The molecule has 10 nitrogen and oxygen atoms in total. The van der Waals surface area contributed by atoms with Gasteiger partial charge in [-0.1, -0.05) is 37.9 Å². The lowest BCUT2D eigenvalue weighted by atomic mass is 10.3. The molecule has 0 spiro atoms. The SMILES string of the molecule is CCC(O)CN=[N+]=[N-].CCC(O)CN=[N+]=[N-].CCC1CO1.CCC1CO1. The maximum Gasteiger partial charge on any atom is 0.0807 e. The summed E-state index contributed by atoms with van der Waals surface area (Å²) in [7, 11) is 0. The first-order chi connectivity index (χ1) is 12.5. The standard InChI is InChI=1S/2C4H9N3O.2C4H8O/c2*1-2-4(8)3-6-7-5;2*1-2-4-3-5-4/h2*4,8H,2-3H2,1H3;2*4H,2-3H2,1H3. The average molecular weight is 374 g/mol. The van der Waals surface area contributed by atoms with Crippen molar-refractivity contribution in [1.82, 2.24) is 0 Å². The quantitative estimate of drug-likeness (QED) is 0.286.